The number of hydrogen-bond acceptors (Lipinski definition) is 4. The van der Waals surface area contributed by atoms with Crippen molar-refractivity contribution in [3.8, 4) is 0 Å². The van der Waals surface area contributed by atoms with E-state index in [-0.39, 0.29) is 30.5 Å². The van der Waals surface area contributed by atoms with Gasteiger partial charge in [-0.3, -0.25) is 14.4 Å². The van der Waals surface area contributed by atoms with Crippen molar-refractivity contribution in [2.45, 2.75) is 39.0 Å². The lowest BCUT2D eigenvalue weighted by Gasteiger charge is -2.07. The molecule has 1 amide bonds. The minimum absolute atomic E-state index is 0.0545. The average Bonchev–Trinajstić information content (AvgIpc) is 2.66. The van der Waals surface area contributed by atoms with Crippen molar-refractivity contribution in [3.05, 3.63) is 65.7 Å². The molecule has 2 aromatic carbocycles. The van der Waals surface area contributed by atoms with E-state index in [2.05, 4.69) is 5.32 Å². The number of ether oxygens (including phenoxy) is 1. The Labute approximate surface area is 159 Å². The van der Waals surface area contributed by atoms with Crippen LogP contribution < -0.4 is 5.32 Å². The van der Waals surface area contributed by atoms with Crippen LogP contribution in [0.4, 0.5) is 5.69 Å². The van der Waals surface area contributed by atoms with Crippen LogP contribution >= 0.6 is 0 Å². The average molecular weight is 367 g/mol. The summed E-state index contributed by atoms with van der Waals surface area (Å²) in [5.74, 6) is -0.525. The lowest BCUT2D eigenvalue weighted by Crippen LogP contribution is -2.13. The molecule has 1 N–H and O–H groups in total. The van der Waals surface area contributed by atoms with Crippen molar-refractivity contribution >= 4 is 23.3 Å². The number of esters is 1. The van der Waals surface area contributed by atoms with Crippen molar-refractivity contribution in [1.82, 2.24) is 0 Å². The number of anilines is 1. The van der Waals surface area contributed by atoms with E-state index in [1.807, 2.05) is 30.3 Å². The fourth-order valence-electron chi connectivity index (χ4n) is 2.61. The van der Waals surface area contributed by atoms with E-state index in [9.17, 15) is 14.4 Å². The van der Waals surface area contributed by atoms with Gasteiger partial charge in [0.15, 0.2) is 5.78 Å². The fraction of sp³-hybridized carbons (Fsp3) is 0.318. The molecule has 0 unspecified atom stereocenters. The quantitative estimate of drug-likeness (QED) is 0.388. The molecular weight excluding hydrogens is 342 g/mol. The van der Waals surface area contributed by atoms with E-state index >= 15 is 0 Å². The maximum atomic E-state index is 11.9. The molecule has 0 atom stereocenters. The normalized spacial score (nSPS) is 10.3. The zero-order valence-electron chi connectivity index (χ0n) is 15.6. The Kier molecular flexibility index (Phi) is 8.23. The van der Waals surface area contributed by atoms with Gasteiger partial charge in [-0.05, 0) is 43.9 Å². The number of hydrogen-bond donors (Lipinski definition) is 1. The molecule has 2 rings (SSSR count). The van der Waals surface area contributed by atoms with Gasteiger partial charge in [-0.1, -0.05) is 42.5 Å². The molecule has 0 spiro atoms. The Balaban J connectivity index is 1.59. The maximum Gasteiger partial charge on any atom is 0.305 e. The summed E-state index contributed by atoms with van der Waals surface area (Å²) >= 11 is 0. The molecule has 0 bridgehead atoms. The van der Waals surface area contributed by atoms with Gasteiger partial charge >= 0.3 is 5.97 Å². The highest BCUT2D eigenvalue weighted by molar-refractivity contribution is 5.97. The first-order chi connectivity index (χ1) is 13.0. The van der Waals surface area contributed by atoms with E-state index in [0.29, 0.717) is 24.3 Å². The van der Waals surface area contributed by atoms with Crippen LogP contribution in [0.2, 0.25) is 0 Å². The van der Waals surface area contributed by atoms with Crippen LogP contribution in [0.15, 0.2) is 54.6 Å². The molecule has 0 fully saturated rings. The summed E-state index contributed by atoms with van der Waals surface area (Å²) in [6.45, 7) is 1.87. The zero-order chi connectivity index (χ0) is 19.5. The van der Waals surface area contributed by atoms with Gasteiger partial charge in [-0.25, -0.2) is 0 Å². The summed E-state index contributed by atoms with van der Waals surface area (Å²) < 4.78 is 5.20. The van der Waals surface area contributed by atoms with Crippen LogP contribution in [0.3, 0.4) is 0 Å². The van der Waals surface area contributed by atoms with Gasteiger partial charge in [0.1, 0.15) is 0 Å². The van der Waals surface area contributed by atoms with Crippen LogP contribution in [-0.4, -0.2) is 24.3 Å². The minimum Gasteiger partial charge on any atom is -0.466 e. The van der Waals surface area contributed by atoms with Gasteiger partial charge in [-0.2, -0.15) is 0 Å². The first kappa shape index (κ1) is 20.4. The van der Waals surface area contributed by atoms with Crippen molar-refractivity contribution in [3.63, 3.8) is 0 Å². The second-order valence-corrected chi connectivity index (χ2v) is 6.35. The van der Waals surface area contributed by atoms with Gasteiger partial charge < -0.3 is 10.1 Å². The number of benzene rings is 2. The van der Waals surface area contributed by atoms with Gasteiger partial charge in [0.25, 0.3) is 0 Å². The Morgan fingerprint density at radius 3 is 2.44 bits per heavy atom. The van der Waals surface area contributed by atoms with Crippen LogP contribution in [0.1, 0.15) is 48.5 Å². The van der Waals surface area contributed by atoms with Crippen LogP contribution in [-0.2, 0) is 20.7 Å². The minimum atomic E-state index is -0.283. The highest BCUT2D eigenvalue weighted by Crippen LogP contribution is 2.12. The summed E-state index contributed by atoms with van der Waals surface area (Å²) in [5.41, 5.74) is 2.35. The van der Waals surface area contributed by atoms with Crippen molar-refractivity contribution < 1.29 is 19.1 Å². The molecule has 0 heterocycles. The van der Waals surface area contributed by atoms with Gasteiger partial charge in [0.05, 0.1) is 6.61 Å². The van der Waals surface area contributed by atoms with Gasteiger partial charge in [0.2, 0.25) is 5.91 Å². The number of rotatable bonds is 10. The molecule has 0 radical (unpaired) electrons. The Morgan fingerprint density at radius 1 is 0.926 bits per heavy atom. The van der Waals surface area contributed by atoms with Crippen LogP contribution in [0.25, 0.3) is 0 Å². The third kappa shape index (κ3) is 7.86. The lowest BCUT2D eigenvalue weighted by molar-refractivity contribution is -0.143. The third-order valence-electron chi connectivity index (χ3n) is 4.05. The Morgan fingerprint density at radius 2 is 1.70 bits per heavy atom. The predicted molar refractivity (Wildman–Crippen MR) is 105 cm³/mol. The summed E-state index contributed by atoms with van der Waals surface area (Å²) in [6.07, 6.45) is 2.52. The van der Waals surface area contributed by atoms with E-state index in [1.54, 1.807) is 24.3 Å². The topological polar surface area (TPSA) is 72.5 Å². The first-order valence-corrected chi connectivity index (χ1v) is 9.15. The van der Waals surface area contributed by atoms with Crippen molar-refractivity contribution in [1.29, 1.82) is 0 Å². The van der Waals surface area contributed by atoms with Gasteiger partial charge in [-0.15, -0.1) is 0 Å². The van der Waals surface area contributed by atoms with Crippen LogP contribution in [0.5, 0.6) is 0 Å². The van der Waals surface area contributed by atoms with E-state index in [0.717, 1.165) is 12.8 Å². The molecule has 0 aliphatic rings. The molecule has 0 aliphatic carbocycles. The summed E-state index contributed by atoms with van der Waals surface area (Å²) in [4.78, 5) is 35.0. The monoisotopic (exact) mass is 367 g/mol. The van der Waals surface area contributed by atoms with Crippen molar-refractivity contribution in [2.24, 2.45) is 0 Å². The maximum absolute atomic E-state index is 11.9. The first-order valence-electron chi connectivity index (χ1n) is 9.15. The molecule has 0 aromatic heterocycles. The second-order valence-electron chi connectivity index (χ2n) is 6.35. The number of nitrogens with one attached hydrogen (secondary N) is 1. The summed E-state index contributed by atoms with van der Waals surface area (Å²) in [6, 6.07) is 16.8. The van der Waals surface area contributed by atoms with Crippen LogP contribution in [0, 0.1) is 0 Å². The summed E-state index contributed by atoms with van der Waals surface area (Å²) in [5, 5.41) is 2.74. The number of carbonyl (C=O) groups excluding carboxylic acids is 3. The zero-order valence-corrected chi connectivity index (χ0v) is 15.6. The van der Waals surface area contributed by atoms with E-state index in [4.69, 9.17) is 4.74 Å². The van der Waals surface area contributed by atoms with E-state index < -0.39 is 0 Å². The number of aryl methyl sites for hydroxylation is 1. The number of carbonyl (C=O) groups is 3. The Hall–Kier alpha value is -2.95. The predicted octanol–water partition coefficient (Wildman–Crippen LogP) is 4.17. The highest BCUT2D eigenvalue weighted by Gasteiger charge is 2.08. The smallest absolute Gasteiger partial charge is 0.305 e. The molecule has 5 heteroatoms. The molecule has 27 heavy (non-hydrogen) atoms. The number of Topliss-reactive ketones (excluding diaryl/α,β-unsaturated/α-hetero) is 1. The van der Waals surface area contributed by atoms with Crippen molar-refractivity contribution in [2.75, 3.05) is 11.9 Å². The molecule has 0 aliphatic heterocycles. The molecule has 0 saturated carbocycles. The molecule has 142 valence electrons. The van der Waals surface area contributed by atoms with E-state index in [1.165, 1.54) is 12.5 Å². The third-order valence-corrected chi connectivity index (χ3v) is 4.05. The number of ketones is 1. The second kappa shape index (κ2) is 10.9. The molecular formula is C22H25NO4. The SMILES string of the molecule is CC(=O)c1cccc(NC(=O)CCCC(=O)OCCCc2ccccc2)c1. The summed E-state index contributed by atoms with van der Waals surface area (Å²) in [7, 11) is 0. The fourth-order valence-corrected chi connectivity index (χ4v) is 2.61. The molecule has 0 saturated heterocycles. The molecule has 2 aromatic rings. The molecule has 5 nitrogen and oxygen atoms in total. The van der Waals surface area contributed by atoms with Gasteiger partial charge in [0, 0.05) is 24.1 Å². The Bertz CT molecular complexity index is 771. The standard InChI is InChI=1S/C22H25NO4/c1-17(24)19-11-5-12-20(16-19)23-21(25)13-6-14-22(26)27-15-7-10-18-8-3-2-4-9-18/h2-5,8-9,11-12,16H,6-7,10,13-15H2,1H3,(H,23,25). The highest BCUT2D eigenvalue weighted by atomic mass is 16.5. The lowest BCUT2D eigenvalue weighted by atomic mass is 10.1. The largest absolute Gasteiger partial charge is 0.466 e. The number of amides is 1.